The Labute approximate surface area is 122 Å². The fourth-order valence-electron chi connectivity index (χ4n) is 2.15. The molecule has 1 aromatic carbocycles. The first kappa shape index (κ1) is 13.1. The van der Waals surface area contributed by atoms with Crippen LogP contribution in [0, 0.1) is 0 Å². The summed E-state index contributed by atoms with van der Waals surface area (Å²) in [6.07, 6.45) is 3.36. The van der Waals surface area contributed by atoms with E-state index in [0.717, 1.165) is 22.3 Å². The fourth-order valence-corrected chi connectivity index (χ4v) is 2.27. The summed E-state index contributed by atoms with van der Waals surface area (Å²) in [5.41, 5.74) is 2.60. The number of fused-ring (bicyclic) bond motifs is 1. The van der Waals surface area contributed by atoms with Gasteiger partial charge in [-0.05, 0) is 32.9 Å². The number of hydrogen-bond acceptors (Lipinski definition) is 3. The lowest BCUT2D eigenvalue weighted by molar-refractivity contribution is 0.366. The zero-order valence-electron chi connectivity index (χ0n) is 11.6. The number of halogens is 1. The topological polar surface area (TPSA) is 43.6 Å². The lowest BCUT2D eigenvalue weighted by Gasteiger charge is -2.19. The zero-order chi connectivity index (χ0) is 14.3. The van der Waals surface area contributed by atoms with E-state index in [2.05, 4.69) is 30.7 Å². The molecule has 0 atom stereocenters. The highest BCUT2D eigenvalue weighted by Crippen LogP contribution is 2.30. The molecule has 0 aliphatic heterocycles. The Bertz CT molecular complexity index is 754. The number of benzene rings is 1. The molecule has 0 spiro atoms. The SMILES string of the molecule is CC(C)(C)n1nc(-c2ccc(Cl)cc2)c2cncnc21. The summed E-state index contributed by atoms with van der Waals surface area (Å²) >= 11 is 5.94. The molecule has 3 rings (SSSR count). The van der Waals surface area contributed by atoms with Crippen LogP contribution in [0.3, 0.4) is 0 Å². The number of hydrogen-bond donors (Lipinski definition) is 0. The van der Waals surface area contributed by atoms with Gasteiger partial charge in [0.05, 0.1) is 10.9 Å². The van der Waals surface area contributed by atoms with E-state index in [1.807, 2.05) is 35.1 Å². The van der Waals surface area contributed by atoms with Crippen molar-refractivity contribution in [2.24, 2.45) is 0 Å². The van der Waals surface area contributed by atoms with Gasteiger partial charge in [0, 0.05) is 16.8 Å². The summed E-state index contributed by atoms with van der Waals surface area (Å²) in [5, 5.41) is 6.39. The van der Waals surface area contributed by atoms with Gasteiger partial charge in [0.25, 0.3) is 0 Å². The lowest BCUT2D eigenvalue weighted by atomic mass is 10.1. The van der Waals surface area contributed by atoms with E-state index >= 15 is 0 Å². The van der Waals surface area contributed by atoms with Crippen LogP contribution in [0.4, 0.5) is 0 Å². The Balaban J connectivity index is 2.29. The predicted molar refractivity (Wildman–Crippen MR) is 80.8 cm³/mol. The van der Waals surface area contributed by atoms with E-state index in [1.165, 1.54) is 0 Å². The monoisotopic (exact) mass is 286 g/mol. The molecular weight excluding hydrogens is 272 g/mol. The average molecular weight is 287 g/mol. The van der Waals surface area contributed by atoms with E-state index in [1.54, 1.807) is 6.33 Å². The van der Waals surface area contributed by atoms with E-state index in [4.69, 9.17) is 16.7 Å². The quantitative estimate of drug-likeness (QED) is 0.681. The predicted octanol–water partition coefficient (Wildman–Crippen LogP) is 3.90. The molecule has 0 N–H and O–H groups in total. The van der Waals surface area contributed by atoms with Gasteiger partial charge >= 0.3 is 0 Å². The highest BCUT2D eigenvalue weighted by Gasteiger charge is 2.21. The average Bonchev–Trinajstić information content (AvgIpc) is 2.79. The zero-order valence-corrected chi connectivity index (χ0v) is 12.4. The molecule has 0 bridgehead atoms. The maximum absolute atomic E-state index is 5.94. The van der Waals surface area contributed by atoms with Crippen LogP contribution >= 0.6 is 11.6 Å². The van der Waals surface area contributed by atoms with Crippen molar-refractivity contribution in [3.8, 4) is 11.3 Å². The van der Waals surface area contributed by atoms with Crippen LogP contribution in [0.5, 0.6) is 0 Å². The summed E-state index contributed by atoms with van der Waals surface area (Å²) in [4.78, 5) is 8.50. The second-order valence-corrected chi connectivity index (χ2v) is 6.13. The van der Waals surface area contributed by atoms with Crippen LogP contribution in [-0.2, 0) is 5.54 Å². The third-order valence-electron chi connectivity index (χ3n) is 3.10. The van der Waals surface area contributed by atoms with Crippen molar-refractivity contribution in [3.63, 3.8) is 0 Å². The van der Waals surface area contributed by atoms with Crippen LogP contribution in [0.2, 0.25) is 5.02 Å². The molecule has 3 aromatic rings. The molecule has 2 aromatic heterocycles. The van der Waals surface area contributed by atoms with Crippen LogP contribution in [0.25, 0.3) is 22.3 Å². The van der Waals surface area contributed by atoms with Crippen molar-refractivity contribution in [2.75, 3.05) is 0 Å². The molecule has 0 unspecified atom stereocenters. The molecule has 0 radical (unpaired) electrons. The smallest absolute Gasteiger partial charge is 0.162 e. The standard InChI is InChI=1S/C15H15ClN4/c1-15(2,3)20-14-12(8-17-9-18-14)13(19-20)10-4-6-11(16)7-5-10/h4-9H,1-3H3. The van der Waals surface area contributed by atoms with Crippen molar-refractivity contribution in [1.29, 1.82) is 0 Å². The lowest BCUT2D eigenvalue weighted by Crippen LogP contribution is -2.23. The number of rotatable bonds is 1. The summed E-state index contributed by atoms with van der Waals surface area (Å²) in [7, 11) is 0. The minimum atomic E-state index is -0.142. The van der Waals surface area contributed by atoms with E-state index in [9.17, 15) is 0 Å². The largest absolute Gasteiger partial charge is 0.244 e. The summed E-state index contributed by atoms with van der Waals surface area (Å²) < 4.78 is 1.94. The van der Waals surface area contributed by atoms with Gasteiger partial charge in [0.15, 0.2) is 5.65 Å². The van der Waals surface area contributed by atoms with Gasteiger partial charge in [-0.1, -0.05) is 23.7 Å². The number of aromatic nitrogens is 4. The van der Waals surface area contributed by atoms with Crippen LogP contribution < -0.4 is 0 Å². The normalized spacial score (nSPS) is 12.0. The van der Waals surface area contributed by atoms with Gasteiger partial charge in [-0.2, -0.15) is 5.10 Å². The molecule has 102 valence electrons. The Kier molecular flexibility index (Phi) is 2.98. The first-order valence-electron chi connectivity index (χ1n) is 6.42. The van der Waals surface area contributed by atoms with E-state index in [-0.39, 0.29) is 5.54 Å². The third-order valence-corrected chi connectivity index (χ3v) is 3.35. The molecule has 0 fully saturated rings. The first-order valence-corrected chi connectivity index (χ1v) is 6.80. The Hall–Kier alpha value is -1.94. The fraction of sp³-hybridized carbons (Fsp3) is 0.267. The molecule has 0 aliphatic carbocycles. The van der Waals surface area contributed by atoms with E-state index in [0.29, 0.717) is 5.02 Å². The minimum absolute atomic E-state index is 0.142. The molecular formula is C15H15ClN4. The maximum atomic E-state index is 5.94. The summed E-state index contributed by atoms with van der Waals surface area (Å²) in [6, 6.07) is 7.65. The minimum Gasteiger partial charge on any atom is -0.244 e. The van der Waals surface area contributed by atoms with Gasteiger partial charge < -0.3 is 0 Å². The molecule has 5 heteroatoms. The summed E-state index contributed by atoms with van der Waals surface area (Å²) in [5.74, 6) is 0. The first-order chi connectivity index (χ1) is 9.47. The molecule has 0 saturated carbocycles. The molecule has 0 aliphatic rings. The van der Waals surface area contributed by atoms with Gasteiger partial charge in [-0.3, -0.25) is 0 Å². The molecule has 0 saturated heterocycles. The Morgan fingerprint density at radius 3 is 2.45 bits per heavy atom. The van der Waals surface area contributed by atoms with Gasteiger partial charge in [0.2, 0.25) is 0 Å². The van der Waals surface area contributed by atoms with Crippen molar-refractivity contribution in [1.82, 2.24) is 19.7 Å². The van der Waals surface area contributed by atoms with Gasteiger partial charge in [0.1, 0.15) is 12.0 Å². The van der Waals surface area contributed by atoms with Crippen molar-refractivity contribution < 1.29 is 0 Å². The molecule has 20 heavy (non-hydrogen) atoms. The highest BCUT2D eigenvalue weighted by molar-refractivity contribution is 6.30. The Morgan fingerprint density at radius 2 is 1.80 bits per heavy atom. The van der Waals surface area contributed by atoms with Crippen molar-refractivity contribution in [3.05, 3.63) is 41.8 Å². The second-order valence-electron chi connectivity index (χ2n) is 5.70. The van der Waals surface area contributed by atoms with Crippen molar-refractivity contribution in [2.45, 2.75) is 26.3 Å². The van der Waals surface area contributed by atoms with Crippen LogP contribution in [0.1, 0.15) is 20.8 Å². The Morgan fingerprint density at radius 1 is 1.10 bits per heavy atom. The van der Waals surface area contributed by atoms with Gasteiger partial charge in [-0.15, -0.1) is 0 Å². The van der Waals surface area contributed by atoms with E-state index < -0.39 is 0 Å². The highest BCUT2D eigenvalue weighted by atomic mass is 35.5. The molecule has 2 heterocycles. The van der Waals surface area contributed by atoms with Crippen molar-refractivity contribution >= 4 is 22.6 Å². The number of nitrogens with zero attached hydrogens (tertiary/aromatic N) is 4. The second kappa shape index (κ2) is 4.56. The summed E-state index contributed by atoms with van der Waals surface area (Å²) in [6.45, 7) is 6.31. The van der Waals surface area contributed by atoms with Crippen LogP contribution in [0.15, 0.2) is 36.8 Å². The molecule has 0 amide bonds. The van der Waals surface area contributed by atoms with Crippen LogP contribution in [-0.4, -0.2) is 19.7 Å². The maximum Gasteiger partial charge on any atom is 0.162 e. The molecule has 4 nitrogen and oxygen atoms in total. The van der Waals surface area contributed by atoms with Gasteiger partial charge in [-0.25, -0.2) is 14.6 Å². The third kappa shape index (κ3) is 2.16.